The van der Waals surface area contributed by atoms with Gasteiger partial charge in [-0.15, -0.1) is 0 Å². The van der Waals surface area contributed by atoms with Gasteiger partial charge in [-0.05, 0) is 41.8 Å². The zero-order valence-electron chi connectivity index (χ0n) is 10.7. The van der Waals surface area contributed by atoms with Crippen LogP contribution in [-0.4, -0.2) is 44.2 Å². The molecular formula is C13H20N2O2S. The maximum Gasteiger partial charge on any atom is 0.234 e. The molecule has 0 radical (unpaired) electrons. The summed E-state index contributed by atoms with van der Waals surface area (Å²) in [7, 11) is 1.64. The van der Waals surface area contributed by atoms with Crippen LogP contribution in [0.3, 0.4) is 0 Å². The lowest BCUT2D eigenvalue weighted by molar-refractivity contribution is -0.122. The number of hydrogen-bond acceptors (Lipinski definition) is 4. The van der Waals surface area contributed by atoms with Crippen molar-refractivity contribution in [1.29, 1.82) is 0 Å². The SMILES string of the molecule is COCCNC(=O)CN1CCCC1c1ccsc1. The Hall–Kier alpha value is -0.910. The summed E-state index contributed by atoms with van der Waals surface area (Å²) in [6.07, 6.45) is 2.33. The smallest absolute Gasteiger partial charge is 0.234 e. The predicted molar refractivity (Wildman–Crippen MR) is 72.8 cm³/mol. The Morgan fingerprint density at radius 2 is 2.56 bits per heavy atom. The van der Waals surface area contributed by atoms with Crippen LogP contribution in [0.15, 0.2) is 16.8 Å². The largest absolute Gasteiger partial charge is 0.383 e. The topological polar surface area (TPSA) is 41.6 Å². The van der Waals surface area contributed by atoms with E-state index in [1.165, 1.54) is 12.0 Å². The first-order valence-corrected chi connectivity index (χ1v) is 7.27. The Bertz CT molecular complexity index is 367. The lowest BCUT2D eigenvalue weighted by atomic mass is 10.1. The van der Waals surface area contributed by atoms with Crippen molar-refractivity contribution >= 4 is 17.2 Å². The fourth-order valence-electron chi connectivity index (χ4n) is 2.39. The van der Waals surface area contributed by atoms with Crippen molar-refractivity contribution in [1.82, 2.24) is 10.2 Å². The van der Waals surface area contributed by atoms with Crippen molar-refractivity contribution in [3.8, 4) is 0 Å². The first-order valence-electron chi connectivity index (χ1n) is 6.33. The van der Waals surface area contributed by atoms with E-state index in [0.717, 1.165) is 13.0 Å². The van der Waals surface area contributed by atoms with E-state index in [0.29, 0.717) is 25.7 Å². The van der Waals surface area contributed by atoms with E-state index in [1.807, 2.05) is 0 Å². The number of likely N-dealkylation sites (tertiary alicyclic amines) is 1. The number of carbonyl (C=O) groups excluding carboxylic acids is 1. The van der Waals surface area contributed by atoms with Crippen LogP contribution < -0.4 is 5.32 Å². The highest BCUT2D eigenvalue weighted by molar-refractivity contribution is 7.07. The van der Waals surface area contributed by atoms with Crippen molar-refractivity contribution in [2.75, 3.05) is 33.4 Å². The Kier molecular flexibility index (Phi) is 5.16. The molecule has 1 unspecified atom stereocenters. The molecule has 100 valence electrons. The van der Waals surface area contributed by atoms with Gasteiger partial charge in [-0.25, -0.2) is 0 Å². The number of hydrogen-bond donors (Lipinski definition) is 1. The van der Waals surface area contributed by atoms with Crippen LogP contribution in [0, 0.1) is 0 Å². The highest BCUT2D eigenvalue weighted by Gasteiger charge is 2.27. The average molecular weight is 268 g/mol. The summed E-state index contributed by atoms with van der Waals surface area (Å²) in [4.78, 5) is 14.1. The predicted octanol–water partition coefficient (Wildman–Crippen LogP) is 1.65. The van der Waals surface area contributed by atoms with E-state index >= 15 is 0 Å². The van der Waals surface area contributed by atoms with Gasteiger partial charge in [0.1, 0.15) is 0 Å². The molecule has 1 amide bonds. The molecule has 1 atom stereocenters. The molecule has 5 heteroatoms. The molecule has 1 aromatic heterocycles. The van der Waals surface area contributed by atoms with Crippen LogP contribution >= 0.6 is 11.3 Å². The molecule has 0 aromatic carbocycles. The van der Waals surface area contributed by atoms with Crippen molar-refractivity contribution < 1.29 is 9.53 Å². The molecule has 1 aliphatic rings. The van der Waals surface area contributed by atoms with Crippen molar-refractivity contribution in [2.45, 2.75) is 18.9 Å². The average Bonchev–Trinajstić information content (AvgIpc) is 2.99. The lowest BCUT2D eigenvalue weighted by Gasteiger charge is -2.23. The van der Waals surface area contributed by atoms with E-state index in [1.54, 1.807) is 18.4 Å². The summed E-state index contributed by atoms with van der Waals surface area (Å²) in [5.74, 6) is 0.0918. The summed E-state index contributed by atoms with van der Waals surface area (Å²) in [6.45, 7) is 2.66. The zero-order chi connectivity index (χ0) is 12.8. The standard InChI is InChI=1S/C13H20N2O2S/c1-17-7-5-14-13(16)9-15-6-2-3-12(15)11-4-8-18-10-11/h4,8,10,12H,2-3,5-7,9H2,1H3,(H,14,16). The highest BCUT2D eigenvalue weighted by atomic mass is 32.1. The maximum atomic E-state index is 11.8. The molecule has 0 bridgehead atoms. The third kappa shape index (κ3) is 3.54. The summed E-state index contributed by atoms with van der Waals surface area (Å²) >= 11 is 1.72. The van der Waals surface area contributed by atoms with Gasteiger partial charge in [-0.1, -0.05) is 0 Å². The van der Waals surface area contributed by atoms with Gasteiger partial charge in [0.25, 0.3) is 0 Å². The number of nitrogens with zero attached hydrogens (tertiary/aromatic N) is 1. The number of ether oxygens (including phenoxy) is 1. The Morgan fingerprint density at radius 1 is 1.67 bits per heavy atom. The van der Waals surface area contributed by atoms with Gasteiger partial charge < -0.3 is 10.1 Å². The molecule has 1 N–H and O–H groups in total. The van der Waals surface area contributed by atoms with Crippen LogP contribution in [-0.2, 0) is 9.53 Å². The molecule has 0 saturated carbocycles. The van der Waals surface area contributed by atoms with Gasteiger partial charge >= 0.3 is 0 Å². The van der Waals surface area contributed by atoms with Gasteiger partial charge in [0.2, 0.25) is 5.91 Å². The normalized spacial score (nSPS) is 20.2. The maximum absolute atomic E-state index is 11.8. The molecule has 1 aromatic rings. The van der Waals surface area contributed by atoms with E-state index in [2.05, 4.69) is 27.0 Å². The fraction of sp³-hybridized carbons (Fsp3) is 0.615. The van der Waals surface area contributed by atoms with Crippen molar-refractivity contribution in [3.63, 3.8) is 0 Å². The molecule has 0 aliphatic carbocycles. The number of methoxy groups -OCH3 is 1. The summed E-state index contributed by atoms with van der Waals surface area (Å²) in [5.41, 5.74) is 1.35. The third-order valence-corrected chi connectivity index (χ3v) is 3.97. The van der Waals surface area contributed by atoms with Gasteiger partial charge in [0, 0.05) is 19.7 Å². The molecule has 4 nitrogen and oxygen atoms in total. The van der Waals surface area contributed by atoms with E-state index in [4.69, 9.17) is 4.74 Å². The Labute approximate surface area is 112 Å². The molecular weight excluding hydrogens is 248 g/mol. The van der Waals surface area contributed by atoms with Crippen LogP contribution in [0.4, 0.5) is 0 Å². The zero-order valence-corrected chi connectivity index (χ0v) is 11.5. The number of rotatable bonds is 6. The van der Waals surface area contributed by atoms with Crippen LogP contribution in [0.1, 0.15) is 24.4 Å². The van der Waals surface area contributed by atoms with E-state index in [9.17, 15) is 4.79 Å². The van der Waals surface area contributed by atoms with Gasteiger partial charge in [0.15, 0.2) is 0 Å². The molecule has 2 heterocycles. The minimum absolute atomic E-state index is 0.0918. The molecule has 18 heavy (non-hydrogen) atoms. The van der Waals surface area contributed by atoms with Crippen LogP contribution in [0.5, 0.6) is 0 Å². The molecule has 1 saturated heterocycles. The van der Waals surface area contributed by atoms with E-state index < -0.39 is 0 Å². The van der Waals surface area contributed by atoms with Gasteiger partial charge in [0.05, 0.1) is 13.2 Å². The lowest BCUT2D eigenvalue weighted by Crippen LogP contribution is -2.38. The minimum Gasteiger partial charge on any atom is -0.383 e. The summed E-state index contributed by atoms with van der Waals surface area (Å²) in [5, 5.41) is 7.16. The van der Waals surface area contributed by atoms with Crippen LogP contribution in [0.2, 0.25) is 0 Å². The van der Waals surface area contributed by atoms with Gasteiger partial charge in [-0.2, -0.15) is 11.3 Å². The van der Waals surface area contributed by atoms with Crippen molar-refractivity contribution in [2.24, 2.45) is 0 Å². The molecule has 1 fully saturated rings. The second-order valence-corrected chi connectivity index (χ2v) is 5.31. The van der Waals surface area contributed by atoms with Crippen LogP contribution in [0.25, 0.3) is 0 Å². The number of thiophene rings is 1. The van der Waals surface area contributed by atoms with Gasteiger partial charge in [-0.3, -0.25) is 9.69 Å². The highest BCUT2D eigenvalue weighted by Crippen LogP contribution is 2.32. The summed E-state index contributed by atoms with van der Waals surface area (Å²) in [6, 6.07) is 2.58. The minimum atomic E-state index is 0.0918. The first kappa shape index (κ1) is 13.5. The first-order chi connectivity index (χ1) is 8.81. The Balaban J connectivity index is 1.83. The van der Waals surface area contributed by atoms with Crippen molar-refractivity contribution in [3.05, 3.63) is 22.4 Å². The second-order valence-electron chi connectivity index (χ2n) is 4.53. The molecule has 0 spiro atoms. The molecule has 1 aliphatic heterocycles. The molecule has 2 rings (SSSR count). The number of nitrogens with one attached hydrogen (secondary N) is 1. The second kappa shape index (κ2) is 6.87. The Morgan fingerprint density at radius 3 is 3.28 bits per heavy atom. The quantitative estimate of drug-likeness (QED) is 0.798. The fourth-order valence-corrected chi connectivity index (χ4v) is 3.10. The van der Waals surface area contributed by atoms with E-state index in [-0.39, 0.29) is 5.91 Å². The summed E-state index contributed by atoms with van der Waals surface area (Å²) < 4.78 is 4.92. The third-order valence-electron chi connectivity index (χ3n) is 3.27. The monoisotopic (exact) mass is 268 g/mol. The number of amides is 1. The number of carbonyl (C=O) groups is 1.